The van der Waals surface area contributed by atoms with E-state index >= 15 is 0 Å². The van der Waals surface area contributed by atoms with Crippen LogP contribution in [0.3, 0.4) is 0 Å². The number of ketones is 1. The number of allylic oxidation sites excluding steroid dienone is 3. The zero-order valence-electron chi connectivity index (χ0n) is 18.6. The SMILES string of the molecule is Cc1ccc([C@@H]2C(C#N)=C(n3cccc3)N(c3cc(C(F)(F)F)ccc3Cl)C3=C2C(=O)CCC3)s1. The Labute approximate surface area is 209 Å². The first-order chi connectivity index (χ1) is 16.7. The Balaban J connectivity index is 1.86. The Morgan fingerprint density at radius 3 is 2.51 bits per heavy atom. The largest absolute Gasteiger partial charge is 0.416 e. The first-order valence-electron chi connectivity index (χ1n) is 11.0. The van der Waals surface area contributed by atoms with Crippen molar-refractivity contribution in [2.24, 2.45) is 0 Å². The van der Waals surface area contributed by atoms with E-state index in [0.29, 0.717) is 36.4 Å². The molecule has 0 radical (unpaired) electrons. The number of alkyl halides is 3. The van der Waals surface area contributed by atoms with Crippen LogP contribution in [-0.2, 0) is 11.0 Å². The van der Waals surface area contributed by atoms with E-state index in [1.54, 1.807) is 34.0 Å². The predicted molar refractivity (Wildman–Crippen MR) is 130 cm³/mol. The first kappa shape index (κ1) is 23.5. The van der Waals surface area contributed by atoms with Gasteiger partial charge in [0, 0.05) is 39.8 Å². The number of aryl methyl sites for hydroxylation is 1. The van der Waals surface area contributed by atoms with Crippen LogP contribution in [0.25, 0.3) is 5.82 Å². The number of Topliss-reactive ketones (excluding diaryl/α,β-unsaturated/α-hetero) is 1. The molecule has 5 rings (SSSR count). The molecular weight excluding hydrogens is 495 g/mol. The number of hydrogen-bond acceptors (Lipinski definition) is 4. The highest BCUT2D eigenvalue weighted by molar-refractivity contribution is 7.12. The molecule has 0 amide bonds. The average Bonchev–Trinajstić information content (AvgIpc) is 3.49. The van der Waals surface area contributed by atoms with Crippen molar-refractivity contribution in [3.63, 3.8) is 0 Å². The van der Waals surface area contributed by atoms with Crippen LogP contribution in [0.5, 0.6) is 0 Å². The lowest BCUT2D eigenvalue weighted by Crippen LogP contribution is -2.36. The zero-order chi connectivity index (χ0) is 24.9. The Kier molecular flexibility index (Phi) is 5.86. The fourth-order valence-electron chi connectivity index (χ4n) is 4.79. The van der Waals surface area contributed by atoms with Gasteiger partial charge in [-0.15, -0.1) is 11.3 Å². The van der Waals surface area contributed by atoms with Crippen LogP contribution in [-0.4, -0.2) is 10.4 Å². The number of carbonyl (C=O) groups excluding carboxylic acids is 1. The molecule has 1 aliphatic carbocycles. The van der Waals surface area contributed by atoms with Gasteiger partial charge in [0.05, 0.1) is 33.8 Å². The fraction of sp³-hybridized carbons (Fsp3) is 0.231. The Hall–Kier alpha value is -3.28. The van der Waals surface area contributed by atoms with Gasteiger partial charge in [-0.2, -0.15) is 18.4 Å². The number of thiophene rings is 1. The lowest BCUT2D eigenvalue weighted by atomic mass is 9.78. The summed E-state index contributed by atoms with van der Waals surface area (Å²) in [5.41, 5.74) is 0.550. The van der Waals surface area contributed by atoms with Crippen molar-refractivity contribution >= 4 is 40.2 Å². The van der Waals surface area contributed by atoms with Gasteiger partial charge in [0.2, 0.25) is 0 Å². The molecule has 0 bridgehead atoms. The van der Waals surface area contributed by atoms with Gasteiger partial charge in [-0.05, 0) is 62.2 Å². The predicted octanol–water partition coefficient (Wildman–Crippen LogP) is 7.53. The normalized spacial score (nSPS) is 18.7. The standard InChI is InChI=1S/C26H19ClF3N3OS/c1-15-7-10-22(35-15)23-17(14-31)25(32-11-2-3-12-32)33(19-5-4-6-21(34)24(19)23)20-13-16(26(28,29)30)8-9-18(20)27/h2-3,7-13,23H,4-6H2,1H3/t23-/m0/s1. The average molecular weight is 514 g/mol. The number of rotatable bonds is 3. The highest BCUT2D eigenvalue weighted by Gasteiger charge is 2.43. The summed E-state index contributed by atoms with van der Waals surface area (Å²) in [6, 6.07) is 12.8. The molecule has 0 saturated carbocycles. The van der Waals surface area contributed by atoms with Gasteiger partial charge < -0.3 is 4.57 Å². The van der Waals surface area contributed by atoms with E-state index < -0.39 is 17.7 Å². The van der Waals surface area contributed by atoms with Gasteiger partial charge >= 0.3 is 6.18 Å². The summed E-state index contributed by atoms with van der Waals surface area (Å²) in [5.74, 6) is -0.322. The van der Waals surface area contributed by atoms with Crippen molar-refractivity contribution in [3.05, 3.63) is 92.0 Å². The molecule has 3 aromatic rings. The molecule has 35 heavy (non-hydrogen) atoms. The number of benzene rings is 1. The van der Waals surface area contributed by atoms with Crippen molar-refractivity contribution in [2.45, 2.75) is 38.3 Å². The summed E-state index contributed by atoms with van der Waals surface area (Å²) in [6.45, 7) is 1.95. The van der Waals surface area contributed by atoms with Crippen molar-refractivity contribution in [2.75, 3.05) is 4.90 Å². The van der Waals surface area contributed by atoms with Gasteiger partial charge in [-0.3, -0.25) is 9.69 Å². The van der Waals surface area contributed by atoms with Crippen LogP contribution >= 0.6 is 22.9 Å². The number of nitriles is 1. The molecule has 2 aliphatic rings. The molecule has 4 nitrogen and oxygen atoms in total. The fourth-order valence-corrected chi connectivity index (χ4v) is 5.99. The smallest absolute Gasteiger partial charge is 0.309 e. The summed E-state index contributed by atoms with van der Waals surface area (Å²) in [7, 11) is 0. The lowest BCUT2D eigenvalue weighted by molar-refractivity contribution is -0.137. The topological polar surface area (TPSA) is 49.0 Å². The molecule has 0 fully saturated rings. The Morgan fingerprint density at radius 2 is 1.89 bits per heavy atom. The third kappa shape index (κ3) is 3.99. The maximum atomic E-state index is 13.7. The van der Waals surface area contributed by atoms with Gasteiger partial charge in [-0.1, -0.05) is 11.6 Å². The quantitative estimate of drug-likeness (QED) is 0.363. The Bertz CT molecular complexity index is 1430. The van der Waals surface area contributed by atoms with Crippen molar-refractivity contribution in [1.29, 1.82) is 5.26 Å². The molecule has 2 aromatic heterocycles. The molecule has 3 heterocycles. The van der Waals surface area contributed by atoms with Crippen molar-refractivity contribution in [1.82, 2.24) is 4.57 Å². The maximum Gasteiger partial charge on any atom is 0.416 e. The van der Waals surface area contributed by atoms with Gasteiger partial charge in [0.25, 0.3) is 0 Å². The van der Waals surface area contributed by atoms with E-state index in [4.69, 9.17) is 11.6 Å². The number of carbonyl (C=O) groups is 1. The number of halogens is 4. The first-order valence-corrected chi connectivity index (χ1v) is 12.2. The van der Waals surface area contributed by atoms with E-state index in [1.807, 2.05) is 19.1 Å². The lowest BCUT2D eigenvalue weighted by Gasteiger charge is -2.41. The van der Waals surface area contributed by atoms with Crippen LogP contribution in [0.2, 0.25) is 5.02 Å². The number of hydrogen-bond donors (Lipinski definition) is 0. The van der Waals surface area contributed by atoms with E-state index in [-0.39, 0.29) is 22.1 Å². The van der Waals surface area contributed by atoms with Crippen LogP contribution in [0.1, 0.15) is 40.5 Å². The minimum absolute atomic E-state index is 0.0842. The van der Waals surface area contributed by atoms with Crippen LogP contribution in [0.15, 0.2) is 71.7 Å². The van der Waals surface area contributed by atoms with Crippen molar-refractivity contribution in [3.8, 4) is 6.07 Å². The summed E-state index contributed by atoms with van der Waals surface area (Å²) < 4.78 is 42.7. The molecule has 9 heteroatoms. The summed E-state index contributed by atoms with van der Waals surface area (Å²) in [5, 5.41) is 10.5. The molecule has 0 N–H and O–H groups in total. The molecule has 0 unspecified atom stereocenters. The van der Waals surface area contributed by atoms with Crippen LogP contribution in [0, 0.1) is 18.3 Å². The second-order valence-electron chi connectivity index (χ2n) is 8.46. The summed E-state index contributed by atoms with van der Waals surface area (Å²) >= 11 is 7.99. The molecule has 0 spiro atoms. The molecule has 1 aromatic carbocycles. The third-order valence-electron chi connectivity index (χ3n) is 6.26. The van der Waals surface area contributed by atoms with Gasteiger partial charge in [0.1, 0.15) is 5.82 Å². The van der Waals surface area contributed by atoms with E-state index in [1.165, 1.54) is 17.4 Å². The van der Waals surface area contributed by atoms with Gasteiger partial charge in [-0.25, -0.2) is 0 Å². The molecule has 1 atom stereocenters. The van der Waals surface area contributed by atoms with E-state index in [9.17, 15) is 23.2 Å². The second-order valence-corrected chi connectivity index (χ2v) is 10.2. The van der Waals surface area contributed by atoms with Crippen molar-refractivity contribution < 1.29 is 18.0 Å². The minimum Gasteiger partial charge on any atom is -0.309 e. The van der Waals surface area contributed by atoms with E-state index in [2.05, 4.69) is 6.07 Å². The molecular formula is C26H19ClF3N3OS. The number of aromatic nitrogens is 1. The Morgan fingerprint density at radius 1 is 1.14 bits per heavy atom. The molecule has 178 valence electrons. The maximum absolute atomic E-state index is 13.7. The number of nitrogens with zero attached hydrogens (tertiary/aromatic N) is 3. The highest BCUT2D eigenvalue weighted by Crippen LogP contribution is 2.51. The molecule has 0 saturated heterocycles. The summed E-state index contributed by atoms with van der Waals surface area (Å²) in [4.78, 5) is 16.8. The monoisotopic (exact) mass is 513 g/mol. The zero-order valence-corrected chi connectivity index (χ0v) is 20.1. The minimum atomic E-state index is -4.58. The van der Waals surface area contributed by atoms with Crippen LogP contribution < -0.4 is 4.90 Å². The molecule has 1 aliphatic heterocycles. The van der Waals surface area contributed by atoms with E-state index in [0.717, 1.165) is 21.9 Å². The number of anilines is 1. The van der Waals surface area contributed by atoms with Gasteiger partial charge in [0.15, 0.2) is 5.78 Å². The highest BCUT2D eigenvalue weighted by atomic mass is 35.5. The second kappa shape index (κ2) is 8.74. The summed E-state index contributed by atoms with van der Waals surface area (Å²) in [6.07, 6.45) is 0.227. The van der Waals surface area contributed by atoms with Crippen LogP contribution in [0.4, 0.5) is 18.9 Å². The third-order valence-corrected chi connectivity index (χ3v) is 7.64.